The molecule has 0 unspecified atom stereocenters. The standard InChI is InChI=1S/C24H31N3O5/c1-24(2,3)32-23(31)25-15-20(28)26-12-9-18(10-13-26)19-11-14-27(21(19)22(29)30)16-17-7-5-4-6-8-17/h4-8,11,14,18H,9-10,12-13,15-16H2,1-3H3,(H,25,31)(H,29,30). The number of hydrogen-bond donors (Lipinski definition) is 2. The van der Waals surface area contributed by atoms with Crippen LogP contribution in [0.2, 0.25) is 0 Å². The van der Waals surface area contributed by atoms with Gasteiger partial charge in [-0.05, 0) is 56.7 Å². The maximum Gasteiger partial charge on any atom is 0.408 e. The summed E-state index contributed by atoms with van der Waals surface area (Å²) >= 11 is 0. The van der Waals surface area contributed by atoms with Crippen LogP contribution in [-0.2, 0) is 16.1 Å². The average molecular weight is 442 g/mol. The van der Waals surface area contributed by atoms with Gasteiger partial charge in [-0.3, -0.25) is 4.79 Å². The quantitative estimate of drug-likeness (QED) is 0.715. The number of aromatic nitrogens is 1. The molecule has 0 radical (unpaired) electrons. The Morgan fingerprint density at radius 3 is 2.34 bits per heavy atom. The summed E-state index contributed by atoms with van der Waals surface area (Å²) in [5, 5.41) is 12.3. The van der Waals surface area contributed by atoms with Gasteiger partial charge in [0.15, 0.2) is 0 Å². The molecule has 0 atom stereocenters. The number of aromatic carboxylic acids is 1. The van der Waals surface area contributed by atoms with Gasteiger partial charge in [0.2, 0.25) is 5.91 Å². The maximum absolute atomic E-state index is 12.5. The molecular weight excluding hydrogens is 410 g/mol. The van der Waals surface area contributed by atoms with E-state index >= 15 is 0 Å². The molecule has 32 heavy (non-hydrogen) atoms. The van der Waals surface area contributed by atoms with Crippen LogP contribution in [0.5, 0.6) is 0 Å². The molecule has 2 N–H and O–H groups in total. The Balaban J connectivity index is 1.58. The Bertz CT molecular complexity index is 954. The Morgan fingerprint density at radius 1 is 1.09 bits per heavy atom. The summed E-state index contributed by atoms with van der Waals surface area (Å²) in [5.41, 5.74) is 1.54. The number of piperidine rings is 1. The van der Waals surface area contributed by atoms with E-state index in [1.807, 2.05) is 42.6 Å². The van der Waals surface area contributed by atoms with Gasteiger partial charge < -0.3 is 24.6 Å². The molecule has 2 heterocycles. The fraction of sp³-hybridized carbons (Fsp3) is 0.458. The number of hydrogen-bond acceptors (Lipinski definition) is 4. The van der Waals surface area contributed by atoms with Crippen LogP contribution in [0.1, 0.15) is 61.1 Å². The van der Waals surface area contributed by atoms with E-state index < -0.39 is 17.7 Å². The van der Waals surface area contributed by atoms with Crippen LogP contribution in [0.25, 0.3) is 0 Å². The average Bonchev–Trinajstić information content (AvgIpc) is 3.15. The lowest BCUT2D eigenvalue weighted by Gasteiger charge is -2.32. The topological polar surface area (TPSA) is 101 Å². The highest BCUT2D eigenvalue weighted by Crippen LogP contribution is 2.31. The lowest BCUT2D eigenvalue weighted by atomic mass is 9.89. The fourth-order valence-electron chi connectivity index (χ4n) is 3.99. The lowest BCUT2D eigenvalue weighted by molar-refractivity contribution is -0.131. The van der Waals surface area contributed by atoms with Gasteiger partial charge in [0.25, 0.3) is 0 Å². The molecule has 1 aliphatic rings. The van der Waals surface area contributed by atoms with Crippen molar-refractivity contribution >= 4 is 18.0 Å². The second kappa shape index (κ2) is 9.89. The molecule has 2 aromatic rings. The molecule has 2 amide bonds. The Kier molecular flexibility index (Phi) is 7.22. The zero-order chi connectivity index (χ0) is 23.3. The van der Waals surface area contributed by atoms with E-state index in [1.165, 1.54) is 0 Å². The van der Waals surface area contributed by atoms with E-state index in [1.54, 1.807) is 30.2 Å². The minimum Gasteiger partial charge on any atom is -0.477 e. The largest absolute Gasteiger partial charge is 0.477 e. The molecule has 1 aliphatic heterocycles. The zero-order valence-electron chi connectivity index (χ0n) is 18.8. The molecule has 1 aromatic heterocycles. The third-order valence-electron chi connectivity index (χ3n) is 5.46. The number of carboxylic acid groups (broad SMARTS) is 1. The van der Waals surface area contributed by atoms with Gasteiger partial charge in [0.05, 0.1) is 0 Å². The van der Waals surface area contributed by atoms with Crippen molar-refractivity contribution in [2.75, 3.05) is 19.6 Å². The van der Waals surface area contributed by atoms with Crippen molar-refractivity contribution < 1.29 is 24.2 Å². The molecule has 0 spiro atoms. The number of alkyl carbamates (subject to hydrolysis) is 1. The van der Waals surface area contributed by atoms with E-state index in [0.717, 1.165) is 11.1 Å². The smallest absolute Gasteiger partial charge is 0.408 e. The summed E-state index contributed by atoms with van der Waals surface area (Å²) in [7, 11) is 0. The summed E-state index contributed by atoms with van der Waals surface area (Å²) < 4.78 is 6.93. The monoisotopic (exact) mass is 441 g/mol. The summed E-state index contributed by atoms with van der Waals surface area (Å²) in [4.78, 5) is 37.9. The van der Waals surface area contributed by atoms with Gasteiger partial charge in [-0.15, -0.1) is 0 Å². The van der Waals surface area contributed by atoms with Crippen LogP contribution >= 0.6 is 0 Å². The van der Waals surface area contributed by atoms with Gasteiger partial charge in [-0.1, -0.05) is 30.3 Å². The van der Waals surface area contributed by atoms with E-state index in [2.05, 4.69) is 5.32 Å². The molecule has 0 aliphatic carbocycles. The van der Waals surface area contributed by atoms with E-state index in [4.69, 9.17) is 4.74 Å². The third-order valence-corrected chi connectivity index (χ3v) is 5.46. The van der Waals surface area contributed by atoms with Crippen molar-refractivity contribution in [1.82, 2.24) is 14.8 Å². The van der Waals surface area contributed by atoms with Crippen molar-refractivity contribution in [3.63, 3.8) is 0 Å². The Morgan fingerprint density at radius 2 is 1.75 bits per heavy atom. The number of nitrogens with zero attached hydrogens (tertiary/aromatic N) is 2. The summed E-state index contributed by atoms with van der Waals surface area (Å²) in [5.74, 6) is -1.04. The first-order valence-electron chi connectivity index (χ1n) is 10.8. The number of rotatable bonds is 6. The van der Waals surface area contributed by atoms with Crippen LogP contribution in [0, 0.1) is 0 Å². The van der Waals surface area contributed by atoms with E-state index in [0.29, 0.717) is 38.2 Å². The molecule has 1 fully saturated rings. The number of likely N-dealkylation sites (tertiary alicyclic amines) is 1. The Hall–Kier alpha value is -3.29. The Labute approximate surface area is 188 Å². The predicted molar refractivity (Wildman–Crippen MR) is 120 cm³/mol. The fourth-order valence-corrected chi connectivity index (χ4v) is 3.99. The molecule has 1 aromatic carbocycles. The molecule has 0 saturated carbocycles. The van der Waals surface area contributed by atoms with Crippen molar-refractivity contribution in [2.45, 2.75) is 51.7 Å². The molecule has 1 saturated heterocycles. The second-order valence-corrected chi connectivity index (χ2v) is 9.05. The van der Waals surface area contributed by atoms with Gasteiger partial charge in [0.1, 0.15) is 17.8 Å². The van der Waals surface area contributed by atoms with Crippen molar-refractivity contribution in [3.8, 4) is 0 Å². The molecule has 3 rings (SSSR count). The molecule has 8 heteroatoms. The number of benzene rings is 1. The number of ether oxygens (including phenoxy) is 1. The number of amides is 2. The van der Waals surface area contributed by atoms with Crippen LogP contribution in [-0.4, -0.2) is 57.8 Å². The molecule has 172 valence electrons. The second-order valence-electron chi connectivity index (χ2n) is 9.05. The van der Waals surface area contributed by atoms with E-state index in [-0.39, 0.29) is 18.4 Å². The molecular formula is C24H31N3O5. The van der Waals surface area contributed by atoms with Crippen molar-refractivity contribution in [1.29, 1.82) is 0 Å². The highest BCUT2D eigenvalue weighted by molar-refractivity contribution is 5.88. The first-order chi connectivity index (χ1) is 15.1. The van der Waals surface area contributed by atoms with Crippen LogP contribution in [0.4, 0.5) is 4.79 Å². The van der Waals surface area contributed by atoms with Crippen LogP contribution in [0.15, 0.2) is 42.6 Å². The summed E-state index contributed by atoms with van der Waals surface area (Å²) in [6.45, 7) is 6.70. The summed E-state index contributed by atoms with van der Waals surface area (Å²) in [6, 6.07) is 11.6. The van der Waals surface area contributed by atoms with Gasteiger partial charge in [-0.25, -0.2) is 9.59 Å². The minimum absolute atomic E-state index is 0.0704. The van der Waals surface area contributed by atoms with Gasteiger partial charge >= 0.3 is 12.1 Å². The van der Waals surface area contributed by atoms with Gasteiger partial charge in [-0.2, -0.15) is 0 Å². The number of carbonyl (C=O) groups is 3. The zero-order valence-corrected chi connectivity index (χ0v) is 18.8. The van der Waals surface area contributed by atoms with Crippen molar-refractivity contribution in [3.05, 3.63) is 59.4 Å². The molecule has 0 bridgehead atoms. The lowest BCUT2D eigenvalue weighted by Crippen LogP contribution is -2.44. The van der Waals surface area contributed by atoms with Gasteiger partial charge in [0, 0.05) is 25.8 Å². The van der Waals surface area contributed by atoms with E-state index in [9.17, 15) is 19.5 Å². The first-order valence-corrected chi connectivity index (χ1v) is 10.8. The number of carbonyl (C=O) groups excluding carboxylic acids is 2. The normalized spacial score (nSPS) is 14.8. The van der Waals surface area contributed by atoms with Crippen LogP contribution < -0.4 is 5.32 Å². The third kappa shape index (κ3) is 6.12. The summed E-state index contributed by atoms with van der Waals surface area (Å²) in [6.07, 6.45) is 2.56. The maximum atomic E-state index is 12.5. The highest BCUT2D eigenvalue weighted by Gasteiger charge is 2.29. The molecule has 8 nitrogen and oxygen atoms in total. The number of nitrogens with one attached hydrogen (secondary N) is 1. The minimum atomic E-state index is -0.944. The first kappa shape index (κ1) is 23.4. The SMILES string of the molecule is CC(C)(C)OC(=O)NCC(=O)N1CCC(c2ccn(Cc3ccccc3)c2C(=O)O)CC1. The highest BCUT2D eigenvalue weighted by atomic mass is 16.6. The van der Waals surface area contributed by atoms with Crippen molar-refractivity contribution in [2.24, 2.45) is 0 Å². The predicted octanol–water partition coefficient (Wildman–Crippen LogP) is 3.47. The van der Waals surface area contributed by atoms with Crippen LogP contribution in [0.3, 0.4) is 0 Å². The number of carboxylic acids is 1.